The standard InChI is InChI=1S/C12H12ClN3/c13-11-5-3-9(4-6-11)12-10(2-1-7-14)8-15-16-12/h1-6,8H,7,14H2,(H,15,16). The van der Waals surface area contributed by atoms with Gasteiger partial charge in [-0.2, -0.15) is 5.10 Å². The van der Waals surface area contributed by atoms with Crippen molar-refractivity contribution in [1.29, 1.82) is 0 Å². The molecule has 1 aromatic carbocycles. The van der Waals surface area contributed by atoms with Gasteiger partial charge >= 0.3 is 0 Å². The molecule has 2 rings (SSSR count). The van der Waals surface area contributed by atoms with Crippen LogP contribution in [0.15, 0.2) is 36.5 Å². The van der Waals surface area contributed by atoms with Crippen LogP contribution in [0.1, 0.15) is 5.56 Å². The topological polar surface area (TPSA) is 54.7 Å². The number of nitrogens with one attached hydrogen (secondary N) is 1. The van der Waals surface area contributed by atoms with Crippen molar-refractivity contribution in [2.24, 2.45) is 5.73 Å². The lowest BCUT2D eigenvalue weighted by Crippen LogP contribution is -1.92. The van der Waals surface area contributed by atoms with Crippen LogP contribution in [0.2, 0.25) is 5.02 Å². The zero-order chi connectivity index (χ0) is 11.4. The van der Waals surface area contributed by atoms with Crippen molar-refractivity contribution in [2.45, 2.75) is 0 Å². The lowest BCUT2D eigenvalue weighted by Gasteiger charge is -1.99. The van der Waals surface area contributed by atoms with E-state index in [1.807, 2.05) is 36.4 Å². The first-order valence-corrected chi connectivity index (χ1v) is 5.35. The predicted molar refractivity (Wildman–Crippen MR) is 67.1 cm³/mol. The molecule has 0 saturated heterocycles. The number of aromatic nitrogens is 2. The third-order valence-electron chi connectivity index (χ3n) is 2.24. The molecular weight excluding hydrogens is 222 g/mol. The van der Waals surface area contributed by atoms with Gasteiger partial charge in [-0.3, -0.25) is 5.10 Å². The van der Waals surface area contributed by atoms with Crippen LogP contribution in [0.4, 0.5) is 0 Å². The number of nitrogens with two attached hydrogens (primary N) is 1. The molecule has 0 radical (unpaired) electrons. The molecule has 16 heavy (non-hydrogen) atoms. The Morgan fingerprint density at radius 2 is 2.06 bits per heavy atom. The Balaban J connectivity index is 2.36. The highest BCUT2D eigenvalue weighted by Crippen LogP contribution is 2.23. The summed E-state index contributed by atoms with van der Waals surface area (Å²) < 4.78 is 0. The van der Waals surface area contributed by atoms with Crippen molar-refractivity contribution < 1.29 is 0 Å². The van der Waals surface area contributed by atoms with E-state index >= 15 is 0 Å². The fourth-order valence-corrected chi connectivity index (χ4v) is 1.59. The predicted octanol–water partition coefficient (Wildman–Crippen LogP) is 2.70. The first-order valence-electron chi connectivity index (χ1n) is 4.97. The quantitative estimate of drug-likeness (QED) is 0.857. The van der Waals surface area contributed by atoms with Gasteiger partial charge in [0, 0.05) is 22.7 Å². The Hall–Kier alpha value is -1.58. The van der Waals surface area contributed by atoms with E-state index in [-0.39, 0.29) is 0 Å². The van der Waals surface area contributed by atoms with E-state index in [2.05, 4.69) is 10.2 Å². The molecular formula is C12H12ClN3. The van der Waals surface area contributed by atoms with E-state index in [0.29, 0.717) is 6.54 Å². The molecule has 0 aliphatic heterocycles. The molecule has 2 aromatic rings. The maximum absolute atomic E-state index is 5.84. The largest absolute Gasteiger partial charge is 0.327 e. The van der Waals surface area contributed by atoms with Crippen LogP contribution in [0.25, 0.3) is 17.3 Å². The van der Waals surface area contributed by atoms with E-state index in [1.165, 1.54) is 0 Å². The number of hydrogen-bond donors (Lipinski definition) is 2. The molecule has 0 bridgehead atoms. The second-order valence-electron chi connectivity index (χ2n) is 3.35. The Bertz CT molecular complexity index is 485. The lowest BCUT2D eigenvalue weighted by molar-refractivity contribution is 1.10. The zero-order valence-corrected chi connectivity index (χ0v) is 9.41. The van der Waals surface area contributed by atoms with Gasteiger partial charge in [0.2, 0.25) is 0 Å². The molecule has 0 aliphatic carbocycles. The molecule has 1 aromatic heterocycles. The molecule has 0 unspecified atom stereocenters. The average molecular weight is 234 g/mol. The SMILES string of the molecule is NCC=Cc1cn[nH]c1-c1ccc(Cl)cc1. The maximum atomic E-state index is 5.84. The van der Waals surface area contributed by atoms with Crippen molar-refractivity contribution >= 4 is 17.7 Å². The smallest absolute Gasteiger partial charge is 0.0722 e. The number of benzene rings is 1. The molecule has 0 atom stereocenters. The normalized spacial score (nSPS) is 11.1. The summed E-state index contributed by atoms with van der Waals surface area (Å²) in [5.74, 6) is 0. The summed E-state index contributed by atoms with van der Waals surface area (Å²) in [6.07, 6.45) is 5.62. The van der Waals surface area contributed by atoms with Gasteiger partial charge in [0.05, 0.1) is 11.9 Å². The lowest BCUT2D eigenvalue weighted by atomic mass is 10.1. The number of aromatic amines is 1. The fraction of sp³-hybridized carbons (Fsp3) is 0.0833. The molecule has 0 aliphatic rings. The molecule has 1 heterocycles. The summed E-state index contributed by atoms with van der Waals surface area (Å²) in [6, 6.07) is 7.62. The molecule has 0 amide bonds. The highest BCUT2D eigenvalue weighted by molar-refractivity contribution is 6.30. The van der Waals surface area contributed by atoms with Gasteiger partial charge in [-0.15, -0.1) is 0 Å². The summed E-state index contributed by atoms with van der Waals surface area (Å²) in [7, 11) is 0. The Morgan fingerprint density at radius 3 is 2.75 bits per heavy atom. The van der Waals surface area contributed by atoms with Gasteiger partial charge in [0.15, 0.2) is 0 Å². The van der Waals surface area contributed by atoms with Gasteiger partial charge in [-0.1, -0.05) is 35.9 Å². The van der Waals surface area contributed by atoms with Crippen molar-refractivity contribution in [1.82, 2.24) is 10.2 Å². The van der Waals surface area contributed by atoms with Crippen molar-refractivity contribution in [3.8, 4) is 11.3 Å². The van der Waals surface area contributed by atoms with Gasteiger partial charge in [0.25, 0.3) is 0 Å². The van der Waals surface area contributed by atoms with E-state index < -0.39 is 0 Å². The summed E-state index contributed by atoms with van der Waals surface area (Å²) in [5.41, 5.74) is 8.47. The Labute approximate surface area is 98.9 Å². The van der Waals surface area contributed by atoms with Crippen molar-refractivity contribution in [2.75, 3.05) is 6.54 Å². The number of rotatable bonds is 3. The number of hydrogen-bond acceptors (Lipinski definition) is 2. The minimum Gasteiger partial charge on any atom is -0.327 e. The van der Waals surface area contributed by atoms with E-state index in [4.69, 9.17) is 17.3 Å². The van der Waals surface area contributed by atoms with Crippen LogP contribution in [-0.2, 0) is 0 Å². The minimum atomic E-state index is 0.519. The molecule has 0 saturated carbocycles. The number of nitrogens with zero attached hydrogens (tertiary/aromatic N) is 1. The molecule has 3 nitrogen and oxygen atoms in total. The number of H-pyrrole nitrogens is 1. The van der Waals surface area contributed by atoms with Crippen molar-refractivity contribution in [3.63, 3.8) is 0 Å². The van der Waals surface area contributed by atoms with Gasteiger partial charge in [-0.25, -0.2) is 0 Å². The molecule has 82 valence electrons. The Kier molecular flexibility index (Phi) is 3.39. The monoisotopic (exact) mass is 233 g/mol. The van der Waals surface area contributed by atoms with Crippen LogP contribution in [-0.4, -0.2) is 16.7 Å². The van der Waals surface area contributed by atoms with Crippen molar-refractivity contribution in [3.05, 3.63) is 47.1 Å². The summed E-state index contributed by atoms with van der Waals surface area (Å²) in [6.45, 7) is 0.519. The third kappa shape index (κ3) is 2.32. The second-order valence-corrected chi connectivity index (χ2v) is 3.78. The van der Waals surface area contributed by atoms with Crippen LogP contribution in [0, 0.1) is 0 Å². The summed E-state index contributed by atoms with van der Waals surface area (Å²) >= 11 is 5.84. The second kappa shape index (κ2) is 4.96. The molecule has 4 heteroatoms. The summed E-state index contributed by atoms with van der Waals surface area (Å²) in [4.78, 5) is 0. The van der Waals surface area contributed by atoms with E-state index in [1.54, 1.807) is 6.20 Å². The van der Waals surface area contributed by atoms with Crippen LogP contribution in [0.5, 0.6) is 0 Å². The minimum absolute atomic E-state index is 0.519. The highest BCUT2D eigenvalue weighted by atomic mass is 35.5. The van der Waals surface area contributed by atoms with Crippen LogP contribution in [0.3, 0.4) is 0 Å². The molecule has 3 N–H and O–H groups in total. The first kappa shape index (κ1) is 10.9. The van der Waals surface area contributed by atoms with Gasteiger partial charge in [-0.05, 0) is 12.1 Å². The maximum Gasteiger partial charge on any atom is 0.0722 e. The summed E-state index contributed by atoms with van der Waals surface area (Å²) in [5, 5.41) is 7.71. The highest BCUT2D eigenvalue weighted by Gasteiger charge is 2.04. The van der Waals surface area contributed by atoms with E-state index in [0.717, 1.165) is 21.8 Å². The fourth-order valence-electron chi connectivity index (χ4n) is 1.46. The third-order valence-corrected chi connectivity index (χ3v) is 2.49. The zero-order valence-electron chi connectivity index (χ0n) is 8.65. The Morgan fingerprint density at radius 1 is 1.31 bits per heavy atom. The van der Waals surface area contributed by atoms with Gasteiger partial charge < -0.3 is 5.73 Å². The van der Waals surface area contributed by atoms with Crippen LogP contribution < -0.4 is 5.73 Å². The van der Waals surface area contributed by atoms with Gasteiger partial charge in [0.1, 0.15) is 0 Å². The number of halogens is 1. The van der Waals surface area contributed by atoms with E-state index in [9.17, 15) is 0 Å². The average Bonchev–Trinajstić information content (AvgIpc) is 2.75. The molecule has 0 spiro atoms. The first-order chi connectivity index (χ1) is 7.81. The molecule has 0 fully saturated rings. The van der Waals surface area contributed by atoms with Crippen LogP contribution >= 0.6 is 11.6 Å².